The Morgan fingerprint density at radius 3 is 2.59 bits per heavy atom. The van der Waals surface area contributed by atoms with E-state index in [1.165, 1.54) is 0 Å². The Labute approximate surface area is 105 Å². The van der Waals surface area contributed by atoms with Gasteiger partial charge in [0.25, 0.3) is 5.17 Å². The van der Waals surface area contributed by atoms with Crippen LogP contribution in [0.15, 0.2) is 42.1 Å². The third-order valence-electron chi connectivity index (χ3n) is 2.18. The number of sulfone groups is 1. The maximum Gasteiger partial charge on any atom is 0.266 e. The molecule has 1 aliphatic heterocycles. The predicted octanol–water partition coefficient (Wildman–Crippen LogP) is 1.25. The van der Waals surface area contributed by atoms with Crippen LogP contribution in [0.25, 0.3) is 0 Å². The van der Waals surface area contributed by atoms with Crippen molar-refractivity contribution in [1.29, 1.82) is 0 Å². The van der Waals surface area contributed by atoms with E-state index < -0.39 is 9.84 Å². The van der Waals surface area contributed by atoms with Gasteiger partial charge in [-0.1, -0.05) is 18.2 Å². The van der Waals surface area contributed by atoms with Gasteiger partial charge in [0, 0.05) is 5.70 Å². The number of nitrogens with one attached hydrogen (secondary N) is 1. The standard InChI is InChI=1S/C11H11NO3S2/c13-17(14)7-6-9(8-17)12-11(16)15-10-4-2-1-3-5-10/h1-6H,7-8H2,(H,12,16). The van der Waals surface area contributed by atoms with Crippen LogP contribution < -0.4 is 10.1 Å². The van der Waals surface area contributed by atoms with Gasteiger partial charge in [-0.2, -0.15) is 0 Å². The Morgan fingerprint density at radius 2 is 2.00 bits per heavy atom. The molecule has 0 spiro atoms. The Kier molecular flexibility index (Phi) is 3.44. The van der Waals surface area contributed by atoms with Crippen LogP contribution in [0.4, 0.5) is 0 Å². The Hall–Kier alpha value is -1.40. The molecule has 2 rings (SSSR count). The van der Waals surface area contributed by atoms with Gasteiger partial charge >= 0.3 is 0 Å². The number of para-hydroxylation sites is 1. The first-order chi connectivity index (χ1) is 8.05. The van der Waals surface area contributed by atoms with Crippen molar-refractivity contribution in [2.75, 3.05) is 11.5 Å². The molecule has 0 aromatic heterocycles. The van der Waals surface area contributed by atoms with Crippen molar-refractivity contribution in [3.05, 3.63) is 42.1 Å². The van der Waals surface area contributed by atoms with Crippen LogP contribution in [0.1, 0.15) is 0 Å². The molecule has 1 aromatic carbocycles. The number of hydrogen-bond donors (Lipinski definition) is 1. The highest BCUT2D eigenvalue weighted by Gasteiger charge is 2.20. The largest absolute Gasteiger partial charge is 0.432 e. The summed E-state index contributed by atoms with van der Waals surface area (Å²) in [5.74, 6) is 0.667. The summed E-state index contributed by atoms with van der Waals surface area (Å²) >= 11 is 4.98. The van der Waals surface area contributed by atoms with Crippen molar-refractivity contribution in [3.8, 4) is 5.75 Å². The number of hydrogen-bond acceptors (Lipinski definition) is 4. The van der Waals surface area contributed by atoms with Gasteiger partial charge in [0.05, 0.1) is 11.5 Å². The highest BCUT2D eigenvalue weighted by molar-refractivity contribution is 7.92. The lowest BCUT2D eigenvalue weighted by molar-refractivity contribution is 0.542. The van der Waals surface area contributed by atoms with Crippen LogP contribution in [0.3, 0.4) is 0 Å². The second-order valence-electron chi connectivity index (χ2n) is 3.61. The molecule has 0 fully saturated rings. The predicted molar refractivity (Wildman–Crippen MR) is 69.5 cm³/mol. The average Bonchev–Trinajstić information content (AvgIpc) is 2.59. The molecule has 6 heteroatoms. The van der Waals surface area contributed by atoms with E-state index >= 15 is 0 Å². The molecular formula is C11H11NO3S2. The summed E-state index contributed by atoms with van der Waals surface area (Å²) in [6, 6.07) is 9.07. The fourth-order valence-electron chi connectivity index (χ4n) is 1.42. The lowest BCUT2D eigenvalue weighted by atomic mass is 10.3. The van der Waals surface area contributed by atoms with E-state index in [9.17, 15) is 8.42 Å². The molecular weight excluding hydrogens is 258 g/mol. The zero-order valence-corrected chi connectivity index (χ0v) is 10.6. The van der Waals surface area contributed by atoms with Crippen LogP contribution in [0.2, 0.25) is 0 Å². The monoisotopic (exact) mass is 269 g/mol. The van der Waals surface area contributed by atoms with Gasteiger partial charge in [0.2, 0.25) is 0 Å². The van der Waals surface area contributed by atoms with E-state index in [2.05, 4.69) is 5.32 Å². The quantitative estimate of drug-likeness (QED) is 0.819. The second-order valence-corrected chi connectivity index (χ2v) is 6.09. The zero-order chi connectivity index (χ0) is 12.3. The number of ether oxygens (including phenoxy) is 1. The number of benzene rings is 1. The van der Waals surface area contributed by atoms with Gasteiger partial charge in [-0.15, -0.1) is 0 Å². The number of thiocarbonyl (C=S) groups is 1. The maximum atomic E-state index is 11.2. The first-order valence-electron chi connectivity index (χ1n) is 4.98. The third-order valence-corrected chi connectivity index (χ3v) is 3.79. The van der Waals surface area contributed by atoms with Crippen molar-refractivity contribution in [2.45, 2.75) is 0 Å². The van der Waals surface area contributed by atoms with Gasteiger partial charge < -0.3 is 10.1 Å². The highest BCUT2D eigenvalue weighted by atomic mass is 32.2. The average molecular weight is 269 g/mol. The third kappa shape index (κ3) is 3.54. The molecule has 17 heavy (non-hydrogen) atoms. The van der Waals surface area contributed by atoms with Gasteiger partial charge in [0.1, 0.15) is 5.75 Å². The molecule has 0 radical (unpaired) electrons. The van der Waals surface area contributed by atoms with E-state index in [1.54, 1.807) is 18.2 Å². The van der Waals surface area contributed by atoms with Crippen LogP contribution >= 0.6 is 12.2 Å². The maximum absolute atomic E-state index is 11.2. The zero-order valence-electron chi connectivity index (χ0n) is 8.92. The minimum atomic E-state index is -2.98. The smallest absolute Gasteiger partial charge is 0.266 e. The van der Waals surface area contributed by atoms with E-state index in [0.717, 1.165) is 0 Å². The lowest BCUT2D eigenvalue weighted by Crippen LogP contribution is -2.27. The van der Waals surface area contributed by atoms with Gasteiger partial charge in [-0.25, -0.2) is 8.42 Å². The summed E-state index contributed by atoms with van der Waals surface area (Å²) in [4.78, 5) is 0. The summed E-state index contributed by atoms with van der Waals surface area (Å²) in [7, 11) is -2.98. The van der Waals surface area contributed by atoms with Crippen LogP contribution in [-0.4, -0.2) is 25.1 Å². The van der Waals surface area contributed by atoms with Crippen LogP contribution in [0.5, 0.6) is 5.75 Å². The minimum absolute atomic E-state index is 0.00864. The molecule has 0 unspecified atom stereocenters. The van der Waals surface area contributed by atoms with Crippen molar-refractivity contribution in [2.24, 2.45) is 0 Å². The molecule has 0 saturated heterocycles. The molecule has 0 atom stereocenters. The normalized spacial score (nSPS) is 17.3. The Morgan fingerprint density at radius 1 is 1.29 bits per heavy atom. The fourth-order valence-corrected chi connectivity index (χ4v) is 2.89. The second kappa shape index (κ2) is 4.85. The minimum Gasteiger partial charge on any atom is -0.432 e. The first kappa shape index (κ1) is 12.1. The summed E-state index contributed by atoms with van der Waals surface area (Å²) in [5.41, 5.74) is 0.575. The lowest BCUT2D eigenvalue weighted by Gasteiger charge is -2.09. The molecule has 1 aromatic rings. The van der Waals surface area contributed by atoms with E-state index in [-0.39, 0.29) is 16.7 Å². The summed E-state index contributed by atoms with van der Waals surface area (Å²) in [5, 5.41) is 2.93. The Balaban J connectivity index is 1.91. The molecule has 0 saturated carbocycles. The molecule has 1 N–H and O–H groups in total. The summed E-state index contributed by atoms with van der Waals surface area (Å²) < 4.78 is 27.7. The first-order valence-corrected chi connectivity index (χ1v) is 7.21. The summed E-state index contributed by atoms with van der Waals surface area (Å²) in [6.45, 7) is 0. The van der Waals surface area contributed by atoms with Crippen LogP contribution in [0, 0.1) is 0 Å². The van der Waals surface area contributed by atoms with Crippen LogP contribution in [-0.2, 0) is 9.84 Å². The Bertz CT molecular complexity index is 549. The van der Waals surface area contributed by atoms with Crippen molar-refractivity contribution in [3.63, 3.8) is 0 Å². The SMILES string of the molecule is O=S1(=O)CC=C(NC(=S)Oc2ccccc2)C1. The van der Waals surface area contributed by atoms with E-state index in [1.807, 2.05) is 18.2 Å². The van der Waals surface area contributed by atoms with E-state index in [0.29, 0.717) is 11.4 Å². The van der Waals surface area contributed by atoms with Gasteiger partial charge in [-0.05, 0) is 30.4 Å². The molecule has 1 aliphatic rings. The van der Waals surface area contributed by atoms with E-state index in [4.69, 9.17) is 17.0 Å². The van der Waals surface area contributed by atoms with Gasteiger partial charge in [-0.3, -0.25) is 0 Å². The van der Waals surface area contributed by atoms with Gasteiger partial charge in [0.15, 0.2) is 9.84 Å². The molecule has 0 bridgehead atoms. The molecule has 4 nitrogen and oxygen atoms in total. The van der Waals surface area contributed by atoms with Crippen molar-refractivity contribution >= 4 is 27.2 Å². The fraction of sp³-hybridized carbons (Fsp3) is 0.182. The highest BCUT2D eigenvalue weighted by Crippen LogP contribution is 2.11. The van der Waals surface area contributed by atoms with Crippen molar-refractivity contribution in [1.82, 2.24) is 5.32 Å². The summed E-state index contributed by atoms with van der Waals surface area (Å²) in [6.07, 6.45) is 1.61. The number of rotatable bonds is 2. The topological polar surface area (TPSA) is 55.4 Å². The molecule has 90 valence electrons. The molecule has 0 amide bonds. The molecule has 1 heterocycles. The molecule has 0 aliphatic carbocycles. The van der Waals surface area contributed by atoms with Crippen molar-refractivity contribution < 1.29 is 13.2 Å².